The van der Waals surface area contributed by atoms with Gasteiger partial charge in [0, 0.05) is 12.1 Å². The minimum atomic E-state index is -0.372. The Morgan fingerprint density at radius 1 is 1.42 bits per heavy atom. The Bertz CT molecular complexity index is 436. The van der Waals surface area contributed by atoms with Crippen LogP contribution in [0.25, 0.3) is 0 Å². The summed E-state index contributed by atoms with van der Waals surface area (Å²) in [6.07, 6.45) is 3.73. The Balaban J connectivity index is 1.95. The van der Waals surface area contributed by atoms with Crippen LogP contribution in [0.15, 0.2) is 35.4 Å². The second kappa shape index (κ2) is 7.14. The van der Waals surface area contributed by atoms with Gasteiger partial charge in [0.05, 0.1) is 6.04 Å². The number of nitrogens with zero attached hydrogens (tertiary/aromatic N) is 2. The molecule has 1 aliphatic heterocycles. The normalized spacial score (nSPS) is 19.1. The van der Waals surface area contributed by atoms with Gasteiger partial charge in [-0.15, -0.1) is 11.6 Å². The number of halogens is 1. The fourth-order valence-electron chi connectivity index (χ4n) is 1.94. The molecule has 102 valence electrons. The number of benzene rings is 1. The number of hydrogen-bond donors (Lipinski definition) is 0. The van der Waals surface area contributed by atoms with E-state index in [1.807, 2.05) is 30.3 Å². The zero-order chi connectivity index (χ0) is 13.5. The molecule has 1 heterocycles. The summed E-state index contributed by atoms with van der Waals surface area (Å²) in [4.78, 5) is 11.6. The van der Waals surface area contributed by atoms with Gasteiger partial charge in [0.25, 0.3) is 0 Å². The number of rotatable bonds is 6. The van der Waals surface area contributed by atoms with Gasteiger partial charge in [-0.3, -0.25) is 0 Å². The fraction of sp³-hybridized carbons (Fsp3) is 0.429. The molecule has 0 N–H and O–H groups in total. The van der Waals surface area contributed by atoms with Crippen molar-refractivity contribution in [3.8, 4) is 0 Å². The zero-order valence-electron chi connectivity index (χ0n) is 10.7. The van der Waals surface area contributed by atoms with Crippen molar-refractivity contribution in [1.29, 1.82) is 0 Å². The molecule has 0 saturated carbocycles. The molecule has 2 rings (SSSR count). The number of alkyl halides is 1. The highest BCUT2D eigenvalue weighted by Crippen LogP contribution is 2.17. The molecule has 1 aliphatic rings. The molecule has 5 heteroatoms. The van der Waals surface area contributed by atoms with Crippen molar-refractivity contribution in [3.63, 3.8) is 0 Å². The molecule has 1 amide bonds. The van der Waals surface area contributed by atoms with Gasteiger partial charge in [-0.05, 0) is 24.8 Å². The second-order valence-electron chi connectivity index (χ2n) is 4.39. The summed E-state index contributed by atoms with van der Waals surface area (Å²) in [5.74, 6) is 0.601. The quantitative estimate of drug-likeness (QED) is 0.457. The predicted octanol–water partition coefficient (Wildman–Crippen LogP) is 3.05. The van der Waals surface area contributed by atoms with Crippen LogP contribution in [0, 0.1) is 0 Å². The number of hydrogen-bond acceptors (Lipinski definition) is 3. The van der Waals surface area contributed by atoms with Crippen molar-refractivity contribution in [2.75, 3.05) is 12.5 Å². The maximum Gasteiger partial charge on any atom is 0.430 e. The van der Waals surface area contributed by atoms with Crippen LogP contribution in [0.1, 0.15) is 18.4 Å². The third-order valence-corrected chi connectivity index (χ3v) is 3.19. The van der Waals surface area contributed by atoms with E-state index in [1.54, 1.807) is 6.21 Å². The first-order valence-corrected chi connectivity index (χ1v) is 6.93. The Kier molecular flexibility index (Phi) is 5.21. The first-order valence-electron chi connectivity index (χ1n) is 6.39. The Morgan fingerprint density at radius 2 is 2.21 bits per heavy atom. The molecule has 4 nitrogen and oxygen atoms in total. The summed E-state index contributed by atoms with van der Waals surface area (Å²) < 4.78 is 5.05. The van der Waals surface area contributed by atoms with Crippen LogP contribution in [0.3, 0.4) is 0 Å². The molecule has 1 fully saturated rings. The summed E-state index contributed by atoms with van der Waals surface area (Å²) in [7, 11) is 0. The highest BCUT2D eigenvalue weighted by atomic mass is 35.5. The van der Waals surface area contributed by atoms with Gasteiger partial charge >= 0.3 is 6.09 Å². The maximum absolute atomic E-state index is 11.6. The van der Waals surface area contributed by atoms with Gasteiger partial charge in [0.1, 0.15) is 6.61 Å². The highest BCUT2D eigenvalue weighted by molar-refractivity contribution is 6.17. The molecule has 0 unspecified atom stereocenters. The van der Waals surface area contributed by atoms with Gasteiger partial charge in [-0.25, -0.2) is 4.79 Å². The third kappa shape index (κ3) is 3.96. The lowest BCUT2D eigenvalue weighted by atomic mass is 10.1. The molecule has 0 aliphatic carbocycles. The molecule has 1 aromatic rings. The van der Waals surface area contributed by atoms with Crippen molar-refractivity contribution in [3.05, 3.63) is 35.9 Å². The maximum atomic E-state index is 11.6. The summed E-state index contributed by atoms with van der Waals surface area (Å²) in [5, 5.41) is 5.63. The Labute approximate surface area is 118 Å². The SMILES string of the molecule is O=C1OC[C@H](Cc2ccccc2)N1/N=C/CCCCl. The second-order valence-corrected chi connectivity index (χ2v) is 4.77. The summed E-state index contributed by atoms with van der Waals surface area (Å²) in [5.41, 5.74) is 1.17. The van der Waals surface area contributed by atoms with Crippen molar-refractivity contribution < 1.29 is 9.53 Å². The number of carbonyl (C=O) groups excluding carboxylic acids is 1. The zero-order valence-corrected chi connectivity index (χ0v) is 11.4. The minimum Gasteiger partial charge on any atom is -0.446 e. The van der Waals surface area contributed by atoms with E-state index in [2.05, 4.69) is 5.10 Å². The number of cyclic esters (lactones) is 1. The van der Waals surface area contributed by atoms with Crippen LogP contribution >= 0.6 is 11.6 Å². The highest BCUT2D eigenvalue weighted by Gasteiger charge is 2.32. The monoisotopic (exact) mass is 280 g/mol. The average molecular weight is 281 g/mol. The van der Waals surface area contributed by atoms with Crippen LogP contribution in [0.2, 0.25) is 0 Å². The Hall–Kier alpha value is -1.55. The van der Waals surface area contributed by atoms with E-state index < -0.39 is 0 Å². The number of hydrazone groups is 1. The lowest BCUT2D eigenvalue weighted by Crippen LogP contribution is -2.30. The number of carbonyl (C=O) groups is 1. The van der Waals surface area contributed by atoms with Crippen molar-refractivity contribution in [2.24, 2.45) is 5.10 Å². The van der Waals surface area contributed by atoms with Gasteiger partial charge in [-0.2, -0.15) is 10.1 Å². The number of unbranched alkanes of at least 4 members (excludes halogenated alkanes) is 1. The van der Waals surface area contributed by atoms with Gasteiger partial charge in [0.15, 0.2) is 0 Å². The van der Waals surface area contributed by atoms with E-state index >= 15 is 0 Å². The number of ether oxygens (including phenoxy) is 1. The summed E-state index contributed by atoms with van der Waals surface area (Å²) >= 11 is 5.59. The van der Waals surface area contributed by atoms with E-state index in [4.69, 9.17) is 16.3 Å². The van der Waals surface area contributed by atoms with Crippen molar-refractivity contribution in [1.82, 2.24) is 5.01 Å². The summed E-state index contributed by atoms with van der Waals surface area (Å²) in [6.45, 7) is 0.389. The first-order chi connectivity index (χ1) is 9.31. The Morgan fingerprint density at radius 3 is 2.95 bits per heavy atom. The molecule has 1 atom stereocenters. The minimum absolute atomic E-state index is 0.0258. The molecule has 0 radical (unpaired) electrons. The first kappa shape index (κ1) is 13.9. The van der Waals surface area contributed by atoms with Crippen molar-refractivity contribution >= 4 is 23.9 Å². The molecular weight excluding hydrogens is 264 g/mol. The average Bonchev–Trinajstić information content (AvgIpc) is 2.77. The van der Waals surface area contributed by atoms with Crippen LogP contribution in [-0.4, -0.2) is 35.8 Å². The molecule has 0 aromatic heterocycles. The molecule has 1 saturated heterocycles. The van der Waals surface area contributed by atoms with Gasteiger partial charge < -0.3 is 4.74 Å². The predicted molar refractivity (Wildman–Crippen MR) is 75.6 cm³/mol. The molecular formula is C14H17ClN2O2. The number of amides is 1. The fourth-order valence-corrected chi connectivity index (χ4v) is 2.09. The van der Waals surface area contributed by atoms with Crippen LogP contribution < -0.4 is 0 Å². The largest absolute Gasteiger partial charge is 0.446 e. The molecule has 0 spiro atoms. The molecule has 19 heavy (non-hydrogen) atoms. The van der Waals surface area contributed by atoms with E-state index in [-0.39, 0.29) is 12.1 Å². The van der Waals surface area contributed by atoms with E-state index in [0.717, 1.165) is 19.3 Å². The van der Waals surface area contributed by atoms with E-state index in [0.29, 0.717) is 12.5 Å². The molecule has 0 bridgehead atoms. The van der Waals surface area contributed by atoms with Crippen LogP contribution in [0.5, 0.6) is 0 Å². The molecule has 1 aromatic carbocycles. The lowest BCUT2D eigenvalue weighted by molar-refractivity contribution is 0.159. The summed E-state index contributed by atoms with van der Waals surface area (Å²) in [6, 6.07) is 10.0. The van der Waals surface area contributed by atoms with Crippen LogP contribution in [0.4, 0.5) is 4.79 Å². The van der Waals surface area contributed by atoms with Crippen molar-refractivity contribution in [2.45, 2.75) is 25.3 Å². The smallest absolute Gasteiger partial charge is 0.430 e. The topological polar surface area (TPSA) is 41.9 Å². The lowest BCUT2D eigenvalue weighted by Gasteiger charge is -2.15. The van der Waals surface area contributed by atoms with E-state index in [1.165, 1.54) is 10.6 Å². The standard InChI is InChI=1S/C14H17ClN2O2/c15-8-4-5-9-16-17-13(11-19-14(17)18)10-12-6-2-1-3-7-12/h1-3,6-7,9,13H,4-5,8,10-11H2/b16-9+/t13-/m0/s1. The third-order valence-electron chi connectivity index (χ3n) is 2.92. The van der Waals surface area contributed by atoms with Crippen LogP contribution in [-0.2, 0) is 11.2 Å². The van der Waals surface area contributed by atoms with E-state index in [9.17, 15) is 4.79 Å². The van der Waals surface area contributed by atoms with Gasteiger partial charge in [-0.1, -0.05) is 30.3 Å². The van der Waals surface area contributed by atoms with Gasteiger partial charge in [0.2, 0.25) is 0 Å².